The number of ether oxygens (including phenoxy) is 2. The predicted molar refractivity (Wildman–Crippen MR) is 130 cm³/mol. The number of pyridine rings is 1. The Kier molecular flexibility index (Phi) is 6.06. The number of fused-ring (bicyclic) bond motifs is 1. The van der Waals surface area contributed by atoms with Gasteiger partial charge in [0.25, 0.3) is 0 Å². The molecule has 0 aliphatic heterocycles. The molecule has 1 aliphatic rings. The Morgan fingerprint density at radius 2 is 1.59 bits per heavy atom. The van der Waals surface area contributed by atoms with Gasteiger partial charge in [-0.15, -0.1) is 0 Å². The maximum atomic E-state index is 6.42. The van der Waals surface area contributed by atoms with Crippen LogP contribution in [0.2, 0.25) is 0 Å². The van der Waals surface area contributed by atoms with Crippen LogP contribution in [0.1, 0.15) is 36.8 Å². The van der Waals surface area contributed by atoms with Gasteiger partial charge in [0, 0.05) is 12.4 Å². The van der Waals surface area contributed by atoms with Crippen molar-refractivity contribution in [2.45, 2.75) is 44.6 Å². The Labute approximate surface area is 190 Å². The number of hydrogen-bond acceptors (Lipinski definition) is 3. The molecular formula is C29H29NO2. The average molecular weight is 424 g/mol. The first kappa shape index (κ1) is 20.6. The first-order valence-corrected chi connectivity index (χ1v) is 11.6. The number of aryl methyl sites for hydroxylation is 2. The second kappa shape index (κ2) is 9.44. The fraction of sp³-hybridized carbons (Fsp3) is 0.276. The van der Waals surface area contributed by atoms with Crippen molar-refractivity contribution in [1.82, 2.24) is 4.98 Å². The van der Waals surface area contributed by atoms with Crippen molar-refractivity contribution in [1.29, 1.82) is 0 Å². The van der Waals surface area contributed by atoms with E-state index in [1.807, 2.05) is 12.4 Å². The van der Waals surface area contributed by atoms with E-state index in [2.05, 4.69) is 71.7 Å². The molecule has 3 heteroatoms. The summed E-state index contributed by atoms with van der Waals surface area (Å²) in [5, 5.41) is 2.50. The van der Waals surface area contributed by atoms with Gasteiger partial charge in [0.05, 0.1) is 13.2 Å². The van der Waals surface area contributed by atoms with Crippen LogP contribution >= 0.6 is 0 Å². The Bertz CT molecular complexity index is 1200. The molecule has 0 bridgehead atoms. The van der Waals surface area contributed by atoms with Gasteiger partial charge in [-0.05, 0) is 102 Å². The molecule has 0 unspecified atom stereocenters. The van der Waals surface area contributed by atoms with Gasteiger partial charge in [-0.25, -0.2) is 0 Å². The lowest BCUT2D eigenvalue weighted by atomic mass is 9.93. The Balaban J connectivity index is 1.55. The maximum Gasteiger partial charge on any atom is 0.161 e. The molecular weight excluding hydrogens is 394 g/mol. The third-order valence-corrected chi connectivity index (χ3v) is 6.48. The lowest BCUT2D eigenvalue weighted by molar-refractivity contribution is 0.200. The second-order valence-electron chi connectivity index (χ2n) is 8.60. The Morgan fingerprint density at radius 3 is 2.38 bits per heavy atom. The molecule has 0 spiro atoms. The van der Waals surface area contributed by atoms with Gasteiger partial charge in [0.15, 0.2) is 11.5 Å². The predicted octanol–water partition coefficient (Wildman–Crippen LogP) is 7.02. The van der Waals surface area contributed by atoms with E-state index in [4.69, 9.17) is 9.47 Å². The first-order valence-electron chi connectivity index (χ1n) is 11.6. The standard InChI is InChI=1S/C29H29NO2/c1-31-28-20-27(24-13-12-22-6-2-3-7-23(22)18-24)25(11-10-21-14-16-30-17-15-21)19-29(28)32-26-8-4-5-9-26/h2-3,6-7,12-20,26H,4-5,8-11H2,1H3. The lowest BCUT2D eigenvalue weighted by Crippen LogP contribution is -2.12. The molecule has 1 fully saturated rings. The summed E-state index contributed by atoms with van der Waals surface area (Å²) < 4.78 is 12.2. The van der Waals surface area contributed by atoms with Crippen LogP contribution in [0.15, 0.2) is 79.1 Å². The average Bonchev–Trinajstić information content (AvgIpc) is 3.36. The summed E-state index contributed by atoms with van der Waals surface area (Å²) in [5.74, 6) is 1.68. The molecule has 162 valence electrons. The molecule has 0 radical (unpaired) electrons. The van der Waals surface area contributed by atoms with Crippen molar-refractivity contribution < 1.29 is 9.47 Å². The highest BCUT2D eigenvalue weighted by Gasteiger charge is 2.20. The molecule has 1 aromatic heterocycles. The molecule has 0 saturated heterocycles. The van der Waals surface area contributed by atoms with E-state index >= 15 is 0 Å². The zero-order valence-corrected chi connectivity index (χ0v) is 18.6. The van der Waals surface area contributed by atoms with Gasteiger partial charge < -0.3 is 9.47 Å². The lowest BCUT2D eigenvalue weighted by Gasteiger charge is -2.20. The summed E-state index contributed by atoms with van der Waals surface area (Å²) in [5.41, 5.74) is 4.99. The topological polar surface area (TPSA) is 31.4 Å². The molecule has 1 aliphatic carbocycles. The first-order chi connectivity index (χ1) is 15.8. The molecule has 3 nitrogen and oxygen atoms in total. The maximum absolute atomic E-state index is 6.42. The fourth-order valence-corrected chi connectivity index (χ4v) is 4.70. The van der Waals surface area contributed by atoms with Crippen LogP contribution in [0.5, 0.6) is 11.5 Å². The van der Waals surface area contributed by atoms with Gasteiger partial charge in [-0.1, -0.05) is 36.4 Å². The fourth-order valence-electron chi connectivity index (χ4n) is 4.70. The van der Waals surface area contributed by atoms with Crippen LogP contribution < -0.4 is 9.47 Å². The minimum absolute atomic E-state index is 0.295. The number of aromatic nitrogens is 1. The van der Waals surface area contributed by atoms with E-state index < -0.39 is 0 Å². The SMILES string of the molecule is COc1cc(-c2ccc3ccccc3c2)c(CCc2ccncc2)cc1OC1CCCC1. The van der Waals surface area contributed by atoms with Crippen molar-refractivity contribution >= 4 is 10.8 Å². The summed E-state index contributed by atoms with van der Waals surface area (Å²) in [6, 6.07) is 23.8. The highest BCUT2D eigenvalue weighted by Crippen LogP contribution is 2.39. The summed E-state index contributed by atoms with van der Waals surface area (Å²) in [7, 11) is 1.73. The molecule has 0 N–H and O–H groups in total. The molecule has 5 rings (SSSR count). The number of methoxy groups -OCH3 is 1. The Morgan fingerprint density at radius 1 is 0.812 bits per heavy atom. The van der Waals surface area contributed by atoms with E-state index in [1.165, 1.54) is 45.9 Å². The summed E-state index contributed by atoms with van der Waals surface area (Å²) in [4.78, 5) is 4.15. The summed E-state index contributed by atoms with van der Waals surface area (Å²) in [6.45, 7) is 0. The molecule has 3 aromatic carbocycles. The van der Waals surface area contributed by atoms with Crippen LogP contribution in [0, 0.1) is 0 Å². The van der Waals surface area contributed by atoms with Crippen molar-refractivity contribution in [3.8, 4) is 22.6 Å². The third kappa shape index (κ3) is 4.47. The van der Waals surface area contributed by atoms with Crippen molar-refractivity contribution in [2.75, 3.05) is 7.11 Å². The van der Waals surface area contributed by atoms with Gasteiger partial charge in [0.1, 0.15) is 0 Å². The van der Waals surface area contributed by atoms with E-state index in [9.17, 15) is 0 Å². The van der Waals surface area contributed by atoms with Gasteiger partial charge in [0.2, 0.25) is 0 Å². The minimum atomic E-state index is 0.295. The van der Waals surface area contributed by atoms with Crippen molar-refractivity contribution in [3.05, 3.63) is 90.3 Å². The minimum Gasteiger partial charge on any atom is -0.493 e. The largest absolute Gasteiger partial charge is 0.493 e. The highest BCUT2D eigenvalue weighted by atomic mass is 16.5. The zero-order valence-electron chi connectivity index (χ0n) is 18.6. The number of benzene rings is 3. The zero-order chi connectivity index (χ0) is 21.8. The van der Waals surface area contributed by atoms with Gasteiger partial charge in [-0.2, -0.15) is 0 Å². The van der Waals surface area contributed by atoms with Gasteiger partial charge in [-0.3, -0.25) is 4.98 Å². The van der Waals surface area contributed by atoms with E-state index in [0.29, 0.717) is 6.10 Å². The van der Waals surface area contributed by atoms with Crippen LogP contribution in [0.4, 0.5) is 0 Å². The summed E-state index contributed by atoms with van der Waals surface area (Å²) in [6.07, 6.45) is 10.7. The van der Waals surface area contributed by atoms with E-state index in [1.54, 1.807) is 7.11 Å². The van der Waals surface area contributed by atoms with Gasteiger partial charge >= 0.3 is 0 Å². The molecule has 0 amide bonds. The molecule has 32 heavy (non-hydrogen) atoms. The van der Waals surface area contributed by atoms with Crippen molar-refractivity contribution in [2.24, 2.45) is 0 Å². The molecule has 4 aromatic rings. The number of nitrogens with zero attached hydrogens (tertiary/aromatic N) is 1. The van der Waals surface area contributed by atoms with Crippen LogP contribution in [-0.2, 0) is 12.8 Å². The quantitative estimate of drug-likeness (QED) is 0.320. The molecule has 0 atom stereocenters. The molecule has 1 heterocycles. The smallest absolute Gasteiger partial charge is 0.161 e. The summed E-state index contributed by atoms with van der Waals surface area (Å²) >= 11 is 0. The third-order valence-electron chi connectivity index (χ3n) is 6.48. The molecule has 1 saturated carbocycles. The van der Waals surface area contributed by atoms with Crippen molar-refractivity contribution in [3.63, 3.8) is 0 Å². The van der Waals surface area contributed by atoms with Crippen LogP contribution in [-0.4, -0.2) is 18.2 Å². The monoisotopic (exact) mass is 423 g/mol. The number of hydrogen-bond donors (Lipinski definition) is 0. The Hall–Kier alpha value is -3.33. The van der Waals surface area contributed by atoms with E-state index in [0.717, 1.165) is 37.2 Å². The number of rotatable bonds is 7. The highest BCUT2D eigenvalue weighted by molar-refractivity contribution is 5.88. The van der Waals surface area contributed by atoms with E-state index in [-0.39, 0.29) is 0 Å². The second-order valence-corrected chi connectivity index (χ2v) is 8.60. The van der Waals surface area contributed by atoms with Crippen LogP contribution in [0.25, 0.3) is 21.9 Å². The normalized spacial score (nSPS) is 14.0. The van der Waals surface area contributed by atoms with Crippen LogP contribution in [0.3, 0.4) is 0 Å².